The molecule has 0 heterocycles. The molecule has 0 saturated heterocycles. The Hall–Kier alpha value is -0.120. The highest BCUT2D eigenvalue weighted by molar-refractivity contribution is 4.45. The standard InChI is InChI=1S/C9H21N.C6H15NO.CH4/c1-4-5-6-7-8-9-10(2)3;7-5-3-1-2-4-6-8;/h4-9H2,1-3H3;8H,1-7H2;1H4. The summed E-state index contributed by atoms with van der Waals surface area (Å²) >= 11 is 0. The van der Waals surface area contributed by atoms with E-state index in [1.54, 1.807) is 0 Å². The zero-order chi connectivity index (χ0) is 14.1. The average Bonchev–Trinajstić information content (AvgIpc) is 2.35. The molecule has 0 aromatic heterocycles. The van der Waals surface area contributed by atoms with Crippen molar-refractivity contribution < 1.29 is 5.11 Å². The molecule has 0 aromatic carbocycles. The molecule has 0 rings (SSSR count). The summed E-state index contributed by atoms with van der Waals surface area (Å²) in [6.45, 7) is 4.62. The molecule has 0 unspecified atom stereocenters. The van der Waals surface area contributed by atoms with E-state index in [-0.39, 0.29) is 7.43 Å². The van der Waals surface area contributed by atoms with Gasteiger partial charge in [-0.2, -0.15) is 0 Å². The molecule has 0 saturated carbocycles. The summed E-state index contributed by atoms with van der Waals surface area (Å²) in [7, 11) is 4.28. The van der Waals surface area contributed by atoms with Gasteiger partial charge in [0.15, 0.2) is 0 Å². The molecule has 0 fully saturated rings. The van der Waals surface area contributed by atoms with Crippen LogP contribution in [0.25, 0.3) is 0 Å². The van der Waals surface area contributed by atoms with Crippen molar-refractivity contribution in [2.24, 2.45) is 5.73 Å². The fourth-order valence-electron chi connectivity index (χ4n) is 1.64. The van der Waals surface area contributed by atoms with Gasteiger partial charge in [-0.3, -0.25) is 0 Å². The zero-order valence-electron chi connectivity index (χ0n) is 13.0. The fourth-order valence-corrected chi connectivity index (χ4v) is 1.64. The Bertz CT molecular complexity index is 124. The second kappa shape index (κ2) is 23.0. The molecule has 0 aromatic rings. The molecule has 0 bridgehead atoms. The van der Waals surface area contributed by atoms with Gasteiger partial charge in [-0.25, -0.2) is 0 Å². The summed E-state index contributed by atoms with van der Waals surface area (Å²) < 4.78 is 0. The molecular weight excluding hydrogens is 236 g/mol. The van der Waals surface area contributed by atoms with Crippen molar-refractivity contribution in [1.82, 2.24) is 4.90 Å². The molecule has 0 spiro atoms. The van der Waals surface area contributed by atoms with E-state index in [2.05, 4.69) is 25.9 Å². The largest absolute Gasteiger partial charge is 0.396 e. The van der Waals surface area contributed by atoms with E-state index in [1.807, 2.05) is 0 Å². The number of nitrogens with two attached hydrogens (primary N) is 1. The summed E-state index contributed by atoms with van der Waals surface area (Å²) in [5.41, 5.74) is 5.25. The average molecular weight is 277 g/mol. The van der Waals surface area contributed by atoms with Crippen molar-refractivity contribution in [3.63, 3.8) is 0 Å². The van der Waals surface area contributed by atoms with Crippen LogP contribution >= 0.6 is 0 Å². The van der Waals surface area contributed by atoms with Crippen LogP contribution in [-0.4, -0.2) is 43.8 Å². The third-order valence-corrected chi connectivity index (χ3v) is 2.82. The first kappa shape index (κ1) is 23.9. The third-order valence-electron chi connectivity index (χ3n) is 2.82. The third kappa shape index (κ3) is 31.9. The van der Waals surface area contributed by atoms with Gasteiger partial charge in [0, 0.05) is 6.61 Å². The Balaban J connectivity index is -0.000000262. The maximum atomic E-state index is 8.33. The minimum absolute atomic E-state index is 0. The molecule has 0 radical (unpaired) electrons. The van der Waals surface area contributed by atoms with E-state index in [9.17, 15) is 0 Å². The summed E-state index contributed by atoms with van der Waals surface area (Å²) in [5, 5.41) is 8.33. The van der Waals surface area contributed by atoms with Gasteiger partial charge in [-0.15, -0.1) is 0 Å². The lowest BCUT2D eigenvalue weighted by atomic mass is 10.1. The predicted molar refractivity (Wildman–Crippen MR) is 88.7 cm³/mol. The Labute approximate surface area is 122 Å². The van der Waals surface area contributed by atoms with E-state index in [1.165, 1.54) is 38.6 Å². The van der Waals surface area contributed by atoms with E-state index >= 15 is 0 Å². The molecule has 0 aliphatic carbocycles. The maximum Gasteiger partial charge on any atom is 0.0431 e. The van der Waals surface area contributed by atoms with Crippen LogP contribution < -0.4 is 5.73 Å². The van der Waals surface area contributed by atoms with Crippen LogP contribution in [0.3, 0.4) is 0 Å². The van der Waals surface area contributed by atoms with Crippen LogP contribution in [0.2, 0.25) is 0 Å². The Morgan fingerprint density at radius 3 is 1.84 bits per heavy atom. The van der Waals surface area contributed by atoms with Crippen LogP contribution in [0.5, 0.6) is 0 Å². The van der Waals surface area contributed by atoms with Crippen molar-refractivity contribution in [1.29, 1.82) is 0 Å². The van der Waals surface area contributed by atoms with E-state index in [0.29, 0.717) is 6.61 Å². The van der Waals surface area contributed by atoms with E-state index < -0.39 is 0 Å². The SMILES string of the molecule is C.CCCCCCCN(C)C.NCCCCCCO. The first-order valence-electron chi connectivity index (χ1n) is 7.64. The van der Waals surface area contributed by atoms with E-state index in [4.69, 9.17) is 10.8 Å². The highest BCUT2D eigenvalue weighted by Gasteiger charge is 1.89. The fraction of sp³-hybridized carbons (Fsp3) is 1.00. The normalized spacial score (nSPS) is 9.79. The molecule has 120 valence electrons. The second-order valence-electron chi connectivity index (χ2n) is 5.14. The second-order valence-corrected chi connectivity index (χ2v) is 5.14. The predicted octanol–water partition coefficient (Wildman–Crippen LogP) is 3.65. The topological polar surface area (TPSA) is 49.5 Å². The summed E-state index contributed by atoms with van der Waals surface area (Å²) in [6.07, 6.45) is 11.3. The van der Waals surface area contributed by atoms with Gasteiger partial charge < -0.3 is 15.7 Å². The number of aliphatic hydroxyl groups excluding tert-OH is 1. The van der Waals surface area contributed by atoms with Crippen LogP contribution in [0.15, 0.2) is 0 Å². The van der Waals surface area contributed by atoms with Crippen LogP contribution in [0, 0.1) is 0 Å². The number of unbranched alkanes of at least 4 members (excludes halogenated alkanes) is 7. The van der Waals surface area contributed by atoms with Crippen molar-refractivity contribution in [2.75, 3.05) is 33.8 Å². The van der Waals surface area contributed by atoms with Gasteiger partial charge in [0.2, 0.25) is 0 Å². The molecule has 0 atom stereocenters. The van der Waals surface area contributed by atoms with Crippen LogP contribution in [0.4, 0.5) is 0 Å². The van der Waals surface area contributed by atoms with Crippen molar-refractivity contribution in [2.45, 2.75) is 72.1 Å². The molecule has 0 amide bonds. The van der Waals surface area contributed by atoms with Gasteiger partial charge in [-0.05, 0) is 46.4 Å². The minimum atomic E-state index is 0. The van der Waals surface area contributed by atoms with Crippen molar-refractivity contribution in [3.8, 4) is 0 Å². The molecule has 3 heteroatoms. The van der Waals surface area contributed by atoms with Crippen LogP contribution in [0.1, 0.15) is 72.1 Å². The Kier molecular flexibility index (Phi) is 29.0. The highest BCUT2D eigenvalue weighted by atomic mass is 16.2. The minimum Gasteiger partial charge on any atom is -0.396 e. The quantitative estimate of drug-likeness (QED) is 0.566. The van der Waals surface area contributed by atoms with E-state index in [0.717, 1.165) is 32.2 Å². The first-order chi connectivity index (χ1) is 8.68. The molecule has 0 aliphatic heterocycles. The van der Waals surface area contributed by atoms with Crippen molar-refractivity contribution in [3.05, 3.63) is 0 Å². The number of rotatable bonds is 11. The molecule has 3 nitrogen and oxygen atoms in total. The highest BCUT2D eigenvalue weighted by Crippen LogP contribution is 2.02. The molecular formula is C16H40N2O. The summed E-state index contributed by atoms with van der Waals surface area (Å²) in [6, 6.07) is 0. The summed E-state index contributed by atoms with van der Waals surface area (Å²) in [4.78, 5) is 2.26. The first-order valence-corrected chi connectivity index (χ1v) is 7.64. The number of nitrogens with zero attached hydrogens (tertiary/aromatic N) is 1. The van der Waals surface area contributed by atoms with Gasteiger partial charge in [0.1, 0.15) is 0 Å². The lowest BCUT2D eigenvalue weighted by Gasteiger charge is -2.07. The van der Waals surface area contributed by atoms with Crippen LogP contribution in [-0.2, 0) is 0 Å². The number of hydrogen-bond acceptors (Lipinski definition) is 3. The number of hydrogen-bond donors (Lipinski definition) is 2. The van der Waals surface area contributed by atoms with Gasteiger partial charge in [0.05, 0.1) is 0 Å². The lowest BCUT2D eigenvalue weighted by Crippen LogP contribution is -2.12. The Morgan fingerprint density at radius 1 is 0.842 bits per heavy atom. The number of aliphatic hydroxyl groups is 1. The van der Waals surface area contributed by atoms with Crippen molar-refractivity contribution >= 4 is 0 Å². The zero-order valence-corrected chi connectivity index (χ0v) is 13.0. The lowest BCUT2D eigenvalue weighted by molar-refractivity contribution is 0.282. The molecule has 0 aliphatic rings. The summed E-state index contributed by atoms with van der Waals surface area (Å²) in [5.74, 6) is 0. The molecule has 19 heavy (non-hydrogen) atoms. The Morgan fingerprint density at radius 2 is 1.37 bits per heavy atom. The van der Waals surface area contributed by atoms with Gasteiger partial charge in [0.25, 0.3) is 0 Å². The smallest absolute Gasteiger partial charge is 0.0431 e. The monoisotopic (exact) mass is 276 g/mol. The van der Waals surface area contributed by atoms with Gasteiger partial charge in [-0.1, -0.05) is 52.9 Å². The maximum absolute atomic E-state index is 8.33. The van der Waals surface area contributed by atoms with Gasteiger partial charge >= 0.3 is 0 Å². The molecule has 3 N–H and O–H groups in total.